The summed E-state index contributed by atoms with van der Waals surface area (Å²) in [6.45, 7) is 4.62. The molecule has 0 amide bonds. The second-order valence-corrected chi connectivity index (χ2v) is 4.75. The van der Waals surface area contributed by atoms with Crippen LogP contribution in [-0.4, -0.2) is 11.5 Å². The highest BCUT2D eigenvalue weighted by molar-refractivity contribution is 5.42. The number of pyridine rings is 1. The minimum absolute atomic E-state index is 0.302. The molecule has 0 spiro atoms. The fourth-order valence-corrected chi connectivity index (χ4v) is 1.87. The zero-order valence-electron chi connectivity index (χ0n) is 10.9. The molecule has 1 aromatic heterocycles. The van der Waals surface area contributed by atoms with Crippen LogP contribution < -0.4 is 11.1 Å². The SMILES string of the molecule is Cc1ccc(NC(C)(CN)c2ccccc2)nc1. The molecule has 0 fully saturated rings. The van der Waals surface area contributed by atoms with Crippen molar-refractivity contribution in [2.24, 2.45) is 5.73 Å². The quantitative estimate of drug-likeness (QED) is 0.865. The van der Waals surface area contributed by atoms with Crippen LogP contribution in [0.3, 0.4) is 0 Å². The molecular formula is C15H19N3. The Morgan fingerprint density at radius 2 is 1.89 bits per heavy atom. The Balaban J connectivity index is 2.26. The summed E-state index contributed by atoms with van der Waals surface area (Å²) in [4.78, 5) is 4.37. The minimum atomic E-state index is -0.302. The zero-order valence-corrected chi connectivity index (χ0v) is 10.9. The Morgan fingerprint density at radius 1 is 1.17 bits per heavy atom. The third-order valence-corrected chi connectivity index (χ3v) is 3.13. The van der Waals surface area contributed by atoms with Gasteiger partial charge in [-0.1, -0.05) is 36.4 Å². The van der Waals surface area contributed by atoms with E-state index in [0.29, 0.717) is 6.54 Å². The van der Waals surface area contributed by atoms with Crippen LogP contribution >= 0.6 is 0 Å². The van der Waals surface area contributed by atoms with E-state index in [9.17, 15) is 0 Å². The summed E-state index contributed by atoms with van der Waals surface area (Å²) in [7, 11) is 0. The average Bonchev–Trinajstić information content (AvgIpc) is 2.42. The Bertz CT molecular complexity index is 493. The molecular weight excluding hydrogens is 222 g/mol. The fraction of sp³-hybridized carbons (Fsp3) is 0.267. The number of aromatic nitrogens is 1. The number of hydrogen-bond acceptors (Lipinski definition) is 3. The fourth-order valence-electron chi connectivity index (χ4n) is 1.87. The van der Waals surface area contributed by atoms with Crippen molar-refractivity contribution < 1.29 is 0 Å². The smallest absolute Gasteiger partial charge is 0.126 e. The lowest BCUT2D eigenvalue weighted by atomic mass is 9.92. The summed E-state index contributed by atoms with van der Waals surface area (Å²) in [5.74, 6) is 0.845. The molecule has 1 atom stereocenters. The van der Waals surface area contributed by atoms with Crippen molar-refractivity contribution in [3.8, 4) is 0 Å². The van der Waals surface area contributed by atoms with Gasteiger partial charge in [0.05, 0.1) is 5.54 Å². The van der Waals surface area contributed by atoms with Crippen molar-refractivity contribution in [3.05, 3.63) is 59.8 Å². The second kappa shape index (κ2) is 5.19. The number of nitrogens with one attached hydrogen (secondary N) is 1. The first kappa shape index (κ1) is 12.6. The highest BCUT2D eigenvalue weighted by Crippen LogP contribution is 2.23. The van der Waals surface area contributed by atoms with Crippen LogP contribution in [-0.2, 0) is 5.54 Å². The largest absolute Gasteiger partial charge is 0.360 e. The molecule has 0 aliphatic heterocycles. The highest BCUT2D eigenvalue weighted by atomic mass is 15.1. The number of nitrogens with zero attached hydrogens (tertiary/aromatic N) is 1. The van der Waals surface area contributed by atoms with Crippen LogP contribution in [0.15, 0.2) is 48.7 Å². The van der Waals surface area contributed by atoms with Gasteiger partial charge in [0.2, 0.25) is 0 Å². The summed E-state index contributed by atoms with van der Waals surface area (Å²) < 4.78 is 0. The Kier molecular flexibility index (Phi) is 3.63. The van der Waals surface area contributed by atoms with E-state index in [2.05, 4.69) is 29.4 Å². The van der Waals surface area contributed by atoms with Crippen LogP contribution in [0.5, 0.6) is 0 Å². The number of anilines is 1. The topological polar surface area (TPSA) is 50.9 Å². The molecule has 1 unspecified atom stereocenters. The number of rotatable bonds is 4. The van der Waals surface area contributed by atoms with E-state index in [4.69, 9.17) is 5.73 Å². The van der Waals surface area contributed by atoms with Gasteiger partial charge < -0.3 is 11.1 Å². The van der Waals surface area contributed by atoms with Crippen molar-refractivity contribution in [3.63, 3.8) is 0 Å². The summed E-state index contributed by atoms with van der Waals surface area (Å²) in [6, 6.07) is 14.2. The number of hydrogen-bond donors (Lipinski definition) is 2. The van der Waals surface area contributed by atoms with E-state index in [1.54, 1.807) is 0 Å². The van der Waals surface area contributed by atoms with E-state index >= 15 is 0 Å². The molecule has 1 aromatic carbocycles. The van der Waals surface area contributed by atoms with E-state index in [1.807, 2.05) is 43.5 Å². The lowest BCUT2D eigenvalue weighted by molar-refractivity contribution is 0.554. The lowest BCUT2D eigenvalue weighted by Crippen LogP contribution is -2.39. The third-order valence-electron chi connectivity index (χ3n) is 3.13. The molecule has 3 heteroatoms. The molecule has 2 aromatic rings. The Labute approximate surface area is 108 Å². The Hall–Kier alpha value is -1.87. The number of aryl methyl sites for hydroxylation is 1. The van der Waals surface area contributed by atoms with Gasteiger partial charge in [0.25, 0.3) is 0 Å². The van der Waals surface area contributed by atoms with Gasteiger partial charge in [-0.15, -0.1) is 0 Å². The molecule has 2 rings (SSSR count). The van der Waals surface area contributed by atoms with E-state index in [0.717, 1.165) is 16.9 Å². The first-order valence-electron chi connectivity index (χ1n) is 6.10. The summed E-state index contributed by atoms with van der Waals surface area (Å²) >= 11 is 0. The summed E-state index contributed by atoms with van der Waals surface area (Å²) in [5, 5.41) is 3.41. The maximum Gasteiger partial charge on any atom is 0.126 e. The predicted octanol–water partition coefficient (Wildman–Crippen LogP) is 2.68. The van der Waals surface area contributed by atoms with Crippen LogP contribution in [0.1, 0.15) is 18.1 Å². The van der Waals surface area contributed by atoms with Gasteiger partial charge in [-0.05, 0) is 31.0 Å². The molecule has 3 N–H and O–H groups in total. The van der Waals surface area contributed by atoms with E-state index in [1.165, 1.54) is 0 Å². The molecule has 0 saturated heterocycles. The van der Waals surface area contributed by atoms with Gasteiger partial charge in [-0.25, -0.2) is 4.98 Å². The molecule has 94 valence electrons. The van der Waals surface area contributed by atoms with Crippen LogP contribution in [0.4, 0.5) is 5.82 Å². The van der Waals surface area contributed by atoms with Crippen molar-refractivity contribution in [2.45, 2.75) is 19.4 Å². The molecule has 0 aliphatic rings. The molecule has 0 bridgehead atoms. The standard InChI is InChI=1S/C15H19N3/c1-12-8-9-14(17-10-12)18-15(2,11-16)13-6-4-3-5-7-13/h3-10H,11,16H2,1-2H3,(H,17,18). The molecule has 1 heterocycles. The van der Waals surface area contributed by atoms with Crippen molar-refractivity contribution in [1.82, 2.24) is 4.98 Å². The van der Waals surface area contributed by atoms with Crippen molar-refractivity contribution >= 4 is 5.82 Å². The number of nitrogens with two attached hydrogens (primary N) is 1. The number of benzene rings is 1. The predicted molar refractivity (Wildman–Crippen MR) is 75.4 cm³/mol. The van der Waals surface area contributed by atoms with Crippen molar-refractivity contribution in [1.29, 1.82) is 0 Å². The maximum atomic E-state index is 5.93. The first-order chi connectivity index (χ1) is 8.64. The van der Waals surface area contributed by atoms with E-state index in [-0.39, 0.29) is 5.54 Å². The van der Waals surface area contributed by atoms with Gasteiger partial charge in [0, 0.05) is 12.7 Å². The second-order valence-electron chi connectivity index (χ2n) is 4.75. The van der Waals surface area contributed by atoms with Gasteiger partial charge in [0.15, 0.2) is 0 Å². The molecule has 3 nitrogen and oxygen atoms in total. The van der Waals surface area contributed by atoms with Gasteiger partial charge in [-0.2, -0.15) is 0 Å². The monoisotopic (exact) mass is 241 g/mol. The summed E-state index contributed by atoms with van der Waals surface area (Å²) in [6.07, 6.45) is 1.85. The van der Waals surface area contributed by atoms with Crippen LogP contribution in [0.2, 0.25) is 0 Å². The molecule has 0 aliphatic carbocycles. The zero-order chi connectivity index (χ0) is 13.0. The third kappa shape index (κ3) is 2.68. The molecule has 18 heavy (non-hydrogen) atoms. The van der Waals surface area contributed by atoms with E-state index < -0.39 is 0 Å². The van der Waals surface area contributed by atoms with Gasteiger partial charge in [0.1, 0.15) is 5.82 Å². The maximum absolute atomic E-state index is 5.93. The first-order valence-corrected chi connectivity index (χ1v) is 6.10. The van der Waals surface area contributed by atoms with Crippen LogP contribution in [0, 0.1) is 6.92 Å². The highest BCUT2D eigenvalue weighted by Gasteiger charge is 2.24. The Morgan fingerprint density at radius 3 is 2.44 bits per heavy atom. The summed E-state index contributed by atoms with van der Waals surface area (Å²) in [5.41, 5.74) is 7.93. The van der Waals surface area contributed by atoms with Gasteiger partial charge >= 0.3 is 0 Å². The minimum Gasteiger partial charge on any atom is -0.360 e. The van der Waals surface area contributed by atoms with Gasteiger partial charge in [-0.3, -0.25) is 0 Å². The molecule has 0 saturated carbocycles. The lowest BCUT2D eigenvalue weighted by Gasteiger charge is -2.30. The molecule has 0 radical (unpaired) electrons. The normalized spacial score (nSPS) is 13.9. The van der Waals surface area contributed by atoms with Crippen LogP contribution in [0.25, 0.3) is 0 Å². The average molecular weight is 241 g/mol. The van der Waals surface area contributed by atoms with Crippen molar-refractivity contribution in [2.75, 3.05) is 11.9 Å².